The maximum Gasteiger partial charge on any atom is 0.309 e. The largest absolute Gasteiger partial charge is 0.463 e. The highest BCUT2D eigenvalue weighted by molar-refractivity contribution is 5.73. The molecular formula is C23H36O6. The Morgan fingerprint density at radius 1 is 0.759 bits per heavy atom. The molecule has 0 saturated carbocycles. The van der Waals surface area contributed by atoms with E-state index in [0.717, 1.165) is 38.5 Å². The Morgan fingerprint density at radius 2 is 1.28 bits per heavy atom. The van der Waals surface area contributed by atoms with Gasteiger partial charge >= 0.3 is 11.9 Å². The molecule has 0 radical (unpaired) electrons. The van der Waals surface area contributed by atoms with E-state index in [4.69, 9.17) is 18.9 Å². The van der Waals surface area contributed by atoms with E-state index in [0.29, 0.717) is 13.2 Å². The van der Waals surface area contributed by atoms with Crippen molar-refractivity contribution in [3.63, 3.8) is 0 Å². The minimum Gasteiger partial charge on any atom is -0.463 e. The van der Waals surface area contributed by atoms with E-state index in [2.05, 4.69) is 12.2 Å². The quantitative estimate of drug-likeness (QED) is 0.380. The molecule has 0 heterocycles. The predicted molar refractivity (Wildman–Crippen MR) is 110 cm³/mol. The van der Waals surface area contributed by atoms with Crippen LogP contribution in [0.5, 0.6) is 0 Å². The van der Waals surface area contributed by atoms with Crippen molar-refractivity contribution in [3.05, 3.63) is 24.3 Å². The molecule has 0 aromatic rings. The summed E-state index contributed by atoms with van der Waals surface area (Å²) in [4.78, 5) is 24.2. The highest BCUT2D eigenvalue weighted by atomic mass is 16.6. The number of esters is 2. The number of hydrogen-bond acceptors (Lipinski definition) is 6. The lowest BCUT2D eigenvalue weighted by Gasteiger charge is -2.22. The van der Waals surface area contributed by atoms with Crippen LogP contribution in [0.4, 0.5) is 0 Å². The Bertz CT molecular complexity index is 570. The van der Waals surface area contributed by atoms with E-state index < -0.39 is 0 Å². The van der Waals surface area contributed by atoms with Crippen molar-refractivity contribution in [2.45, 2.75) is 77.6 Å². The van der Waals surface area contributed by atoms with Crippen LogP contribution in [0.2, 0.25) is 0 Å². The molecule has 164 valence electrons. The lowest BCUT2D eigenvalue weighted by atomic mass is 9.95. The summed E-state index contributed by atoms with van der Waals surface area (Å²) in [7, 11) is 0. The molecule has 6 nitrogen and oxygen atoms in total. The van der Waals surface area contributed by atoms with Gasteiger partial charge in [-0.05, 0) is 59.3 Å². The van der Waals surface area contributed by atoms with E-state index >= 15 is 0 Å². The third-order valence-electron chi connectivity index (χ3n) is 5.21. The van der Waals surface area contributed by atoms with Crippen LogP contribution in [0.1, 0.15) is 59.3 Å². The lowest BCUT2D eigenvalue weighted by molar-refractivity contribution is -0.159. The first-order chi connectivity index (χ1) is 14.0. The Morgan fingerprint density at radius 3 is 1.83 bits per heavy atom. The van der Waals surface area contributed by atoms with Crippen LogP contribution in [0.15, 0.2) is 24.3 Å². The van der Waals surface area contributed by atoms with Gasteiger partial charge in [-0.2, -0.15) is 0 Å². The molecule has 2 rings (SSSR count). The maximum atomic E-state index is 12.1. The molecule has 0 amide bonds. The third-order valence-corrected chi connectivity index (χ3v) is 5.21. The van der Waals surface area contributed by atoms with Crippen LogP contribution in [-0.4, -0.2) is 50.1 Å². The Hall–Kier alpha value is -1.66. The van der Waals surface area contributed by atoms with Crippen molar-refractivity contribution in [1.82, 2.24) is 0 Å². The molecule has 0 bridgehead atoms. The summed E-state index contributed by atoms with van der Waals surface area (Å²) in [6, 6.07) is 0. The van der Waals surface area contributed by atoms with E-state index in [1.54, 1.807) is 0 Å². The molecule has 0 aliphatic heterocycles. The fourth-order valence-electron chi connectivity index (χ4n) is 3.36. The average Bonchev–Trinajstić information content (AvgIpc) is 2.75. The van der Waals surface area contributed by atoms with Crippen LogP contribution in [0.3, 0.4) is 0 Å². The first-order valence-electron chi connectivity index (χ1n) is 10.9. The second-order valence-electron chi connectivity index (χ2n) is 8.13. The molecule has 6 heteroatoms. The molecule has 0 aromatic heterocycles. The summed E-state index contributed by atoms with van der Waals surface area (Å²) >= 11 is 0. The van der Waals surface area contributed by atoms with Gasteiger partial charge in [0, 0.05) is 0 Å². The summed E-state index contributed by atoms with van der Waals surface area (Å²) in [6.45, 7) is 6.59. The monoisotopic (exact) mass is 408 g/mol. The first-order valence-corrected chi connectivity index (χ1v) is 10.9. The average molecular weight is 409 g/mol. The van der Waals surface area contributed by atoms with Crippen molar-refractivity contribution in [3.8, 4) is 0 Å². The van der Waals surface area contributed by atoms with Crippen molar-refractivity contribution in [1.29, 1.82) is 0 Å². The molecule has 0 spiro atoms. The summed E-state index contributed by atoms with van der Waals surface area (Å²) in [5.41, 5.74) is 0. The standard InChI is InChI=1S/C23H36O6/c1-17(27-16-19(3)29-23(25)21-12-8-5-9-13-21)14-26-18(2)15-28-22(24)20-10-6-4-7-11-20/h4-6,8,17-21H,7,9-16H2,1-3H3. The molecular weight excluding hydrogens is 372 g/mol. The zero-order valence-corrected chi connectivity index (χ0v) is 18.0. The van der Waals surface area contributed by atoms with Crippen LogP contribution < -0.4 is 0 Å². The number of carbonyl (C=O) groups is 2. The molecule has 0 N–H and O–H groups in total. The Labute approximate surface area is 174 Å². The molecule has 2 aliphatic carbocycles. The minimum absolute atomic E-state index is 0.0247. The van der Waals surface area contributed by atoms with E-state index in [1.165, 1.54) is 0 Å². The van der Waals surface area contributed by atoms with Gasteiger partial charge in [-0.1, -0.05) is 24.3 Å². The number of rotatable bonds is 11. The van der Waals surface area contributed by atoms with E-state index in [9.17, 15) is 9.59 Å². The molecule has 0 fully saturated rings. The van der Waals surface area contributed by atoms with Crippen LogP contribution in [0.25, 0.3) is 0 Å². The van der Waals surface area contributed by atoms with Gasteiger partial charge in [-0.25, -0.2) is 0 Å². The molecule has 0 aromatic carbocycles. The number of allylic oxidation sites excluding steroid dienone is 4. The fourth-order valence-corrected chi connectivity index (χ4v) is 3.36. The van der Waals surface area contributed by atoms with Crippen molar-refractivity contribution in [2.75, 3.05) is 19.8 Å². The fraction of sp³-hybridized carbons (Fsp3) is 0.739. The van der Waals surface area contributed by atoms with Gasteiger partial charge in [0.25, 0.3) is 0 Å². The molecule has 2 aliphatic rings. The van der Waals surface area contributed by atoms with Gasteiger partial charge in [-0.3, -0.25) is 9.59 Å². The SMILES string of the molecule is CC(COC(=O)C1CC=CCC1)OCC(C)OCC(C)OC(=O)C1CC=CCC1. The zero-order chi connectivity index (χ0) is 21.1. The highest BCUT2D eigenvalue weighted by Crippen LogP contribution is 2.21. The van der Waals surface area contributed by atoms with E-state index in [1.807, 2.05) is 32.9 Å². The maximum absolute atomic E-state index is 12.1. The first kappa shape index (κ1) is 23.6. The molecule has 29 heavy (non-hydrogen) atoms. The smallest absolute Gasteiger partial charge is 0.309 e. The minimum atomic E-state index is -0.293. The van der Waals surface area contributed by atoms with Gasteiger partial charge in [0.1, 0.15) is 12.7 Å². The second kappa shape index (κ2) is 12.8. The predicted octanol–water partition coefficient (Wildman–Crippen LogP) is 3.98. The van der Waals surface area contributed by atoms with Gasteiger partial charge < -0.3 is 18.9 Å². The summed E-state index contributed by atoms with van der Waals surface area (Å²) < 4.78 is 22.3. The summed E-state index contributed by atoms with van der Waals surface area (Å²) in [6.07, 6.45) is 12.8. The summed E-state index contributed by atoms with van der Waals surface area (Å²) in [5.74, 6) is -0.337. The Balaban J connectivity index is 1.54. The van der Waals surface area contributed by atoms with Gasteiger partial charge in [0.05, 0.1) is 37.3 Å². The Kier molecular flexibility index (Phi) is 10.4. The van der Waals surface area contributed by atoms with Gasteiger partial charge in [0.15, 0.2) is 0 Å². The van der Waals surface area contributed by atoms with Gasteiger partial charge in [0.2, 0.25) is 0 Å². The number of ether oxygens (including phenoxy) is 4. The summed E-state index contributed by atoms with van der Waals surface area (Å²) in [5, 5.41) is 0. The normalized spacial score (nSPS) is 24.5. The van der Waals surface area contributed by atoms with Crippen molar-refractivity contribution in [2.24, 2.45) is 11.8 Å². The van der Waals surface area contributed by atoms with Gasteiger partial charge in [-0.15, -0.1) is 0 Å². The van der Waals surface area contributed by atoms with Crippen molar-refractivity contribution < 1.29 is 28.5 Å². The second-order valence-corrected chi connectivity index (χ2v) is 8.13. The lowest BCUT2D eigenvalue weighted by Crippen LogP contribution is -2.30. The van der Waals surface area contributed by atoms with Crippen LogP contribution in [-0.2, 0) is 28.5 Å². The van der Waals surface area contributed by atoms with E-state index in [-0.39, 0.29) is 48.7 Å². The number of carbonyl (C=O) groups excluding carboxylic acids is 2. The highest BCUT2D eigenvalue weighted by Gasteiger charge is 2.23. The van der Waals surface area contributed by atoms with Crippen LogP contribution >= 0.6 is 0 Å². The topological polar surface area (TPSA) is 71.1 Å². The number of hydrogen-bond donors (Lipinski definition) is 0. The third kappa shape index (κ3) is 9.13. The molecule has 0 saturated heterocycles. The van der Waals surface area contributed by atoms with Crippen molar-refractivity contribution >= 4 is 11.9 Å². The van der Waals surface area contributed by atoms with Crippen LogP contribution in [0, 0.1) is 11.8 Å². The molecule has 5 atom stereocenters. The molecule has 5 unspecified atom stereocenters. The zero-order valence-electron chi connectivity index (χ0n) is 18.0.